The molecule has 18 nitrogen and oxygen atoms in total. The van der Waals surface area contributed by atoms with Crippen LogP contribution in [0.3, 0.4) is 0 Å². The van der Waals surface area contributed by atoms with E-state index in [1.54, 1.807) is 60.9 Å². The molecule has 2 saturated carbocycles. The van der Waals surface area contributed by atoms with E-state index < -0.39 is 32.2 Å². The second kappa shape index (κ2) is 25.3. The summed E-state index contributed by atoms with van der Waals surface area (Å²) in [5.74, 6) is -0.562. The van der Waals surface area contributed by atoms with Crippen LogP contribution in [0.4, 0.5) is 0 Å². The highest BCUT2D eigenvalue weighted by molar-refractivity contribution is 7.87. The Labute approximate surface area is 433 Å². The summed E-state index contributed by atoms with van der Waals surface area (Å²) >= 11 is 0. The highest BCUT2D eigenvalue weighted by Crippen LogP contribution is 2.41. The summed E-state index contributed by atoms with van der Waals surface area (Å²) in [7, 11) is -4.52. The Balaban J connectivity index is 0.000000216. The first-order valence-electron chi connectivity index (χ1n) is 24.4. The van der Waals surface area contributed by atoms with Gasteiger partial charge in [0.2, 0.25) is 0 Å². The minimum absolute atomic E-state index is 0.0913. The number of hydrogen-bond donors (Lipinski definition) is 8. The molecular weight excluding hydrogens is 985 g/mol. The van der Waals surface area contributed by atoms with Gasteiger partial charge < -0.3 is 30.3 Å². The molecule has 0 spiro atoms. The molecule has 392 valence electrons. The van der Waals surface area contributed by atoms with E-state index in [2.05, 4.69) is 39.5 Å². The van der Waals surface area contributed by atoms with E-state index in [9.17, 15) is 36.6 Å². The van der Waals surface area contributed by atoms with Crippen molar-refractivity contribution in [3.63, 3.8) is 0 Å². The van der Waals surface area contributed by atoms with E-state index in [1.807, 2.05) is 72.8 Å². The number of benzene rings is 4. The van der Waals surface area contributed by atoms with Crippen LogP contribution < -0.4 is 39.0 Å². The lowest BCUT2D eigenvalue weighted by atomic mass is 9.68. The van der Waals surface area contributed by atoms with Crippen LogP contribution in [0.2, 0.25) is 0 Å². The fourth-order valence-corrected chi connectivity index (χ4v) is 11.9. The number of carbonyl (C=O) groups is 2. The van der Waals surface area contributed by atoms with Gasteiger partial charge in [-0.25, -0.2) is 0 Å². The van der Waals surface area contributed by atoms with Crippen molar-refractivity contribution in [3.8, 4) is 23.0 Å². The van der Waals surface area contributed by atoms with Gasteiger partial charge in [-0.15, -0.1) is 0 Å². The summed E-state index contributed by atoms with van der Waals surface area (Å²) in [6, 6.07) is 39.5. The molecule has 74 heavy (non-hydrogen) atoms. The number of aromatic hydroxyl groups is 2. The number of nitrogens with one attached hydrogen (secondary N) is 6. The first kappa shape index (κ1) is 54.8. The van der Waals surface area contributed by atoms with Crippen molar-refractivity contribution in [2.45, 2.75) is 87.4 Å². The normalized spacial score (nSPS) is 19.8. The molecule has 2 aliphatic carbocycles. The Bertz CT molecular complexity index is 2790. The standard InChI is InChI=1S/2C27H32N4O5S/c2*1-36-24-12-7-11-23(32)25(24)26(33)29-19-27(20-8-3-2-4-9-20)15-13-21(14-16-27)31-37(34,35)30-18-22-10-5-6-17-28-22/h2*2-12,17,21,30-32H,13-16,18-19H2,1H3,(H,29,33). The number of phenols is 2. The van der Waals surface area contributed by atoms with E-state index >= 15 is 0 Å². The van der Waals surface area contributed by atoms with Crippen molar-refractivity contribution >= 4 is 32.2 Å². The zero-order valence-electron chi connectivity index (χ0n) is 41.4. The molecule has 0 unspecified atom stereocenters. The lowest BCUT2D eigenvalue weighted by molar-refractivity contribution is 0.0920. The van der Waals surface area contributed by atoms with Crippen LogP contribution in [0.1, 0.15) is 94.6 Å². The third-order valence-electron chi connectivity index (χ3n) is 13.7. The second-order valence-electron chi connectivity index (χ2n) is 18.4. The highest BCUT2D eigenvalue weighted by Gasteiger charge is 2.40. The summed E-state index contributed by atoms with van der Waals surface area (Å²) in [4.78, 5) is 34.4. The molecule has 0 aliphatic heterocycles. The molecule has 4 aromatic carbocycles. The molecule has 2 aromatic heterocycles. The maximum atomic E-state index is 13.0. The van der Waals surface area contributed by atoms with Crippen molar-refractivity contribution < 1.29 is 46.1 Å². The van der Waals surface area contributed by atoms with E-state index in [0.29, 0.717) is 87.3 Å². The van der Waals surface area contributed by atoms with Gasteiger partial charge in [-0.2, -0.15) is 35.7 Å². The Kier molecular flexibility index (Phi) is 18.8. The van der Waals surface area contributed by atoms with Gasteiger partial charge in [-0.3, -0.25) is 19.6 Å². The third-order valence-corrected chi connectivity index (χ3v) is 16.1. The molecule has 2 aliphatic rings. The molecule has 8 N–H and O–H groups in total. The average Bonchev–Trinajstić information content (AvgIpc) is 3.42. The SMILES string of the molecule is COc1cccc(O)c1C(=O)NCC1(c2ccccc2)CCC(NS(=O)(=O)NCc2ccccn2)CC1.COc1cccc(O)c1C(=O)NCC1(c2ccccc2)CCC(NS(=O)(=O)NCc2ccccn2)CC1. The number of aromatic nitrogens is 2. The van der Waals surface area contributed by atoms with Crippen molar-refractivity contribution in [1.29, 1.82) is 0 Å². The number of pyridine rings is 2. The molecule has 20 heteroatoms. The van der Waals surface area contributed by atoms with Crippen molar-refractivity contribution in [3.05, 3.63) is 179 Å². The molecular formula is C54H64N8O10S2. The maximum absolute atomic E-state index is 13.0. The lowest BCUT2D eigenvalue weighted by Crippen LogP contribution is -2.49. The van der Waals surface area contributed by atoms with Gasteiger partial charge in [0.15, 0.2) is 0 Å². The third kappa shape index (κ3) is 14.6. The lowest BCUT2D eigenvalue weighted by Gasteiger charge is -2.41. The van der Waals surface area contributed by atoms with Gasteiger partial charge in [-0.1, -0.05) is 84.9 Å². The van der Waals surface area contributed by atoms with E-state index in [-0.39, 0.29) is 58.6 Å². The summed E-state index contributed by atoms with van der Waals surface area (Å²) < 4.78 is 71.7. The molecule has 2 heterocycles. The Morgan fingerprint density at radius 3 is 1.23 bits per heavy atom. The molecule has 0 bridgehead atoms. The first-order chi connectivity index (χ1) is 35.6. The minimum atomic E-state index is -3.71. The van der Waals surface area contributed by atoms with Crippen LogP contribution >= 0.6 is 0 Å². The van der Waals surface area contributed by atoms with Gasteiger partial charge in [0.25, 0.3) is 32.2 Å². The predicted octanol–water partition coefficient (Wildman–Crippen LogP) is 6.06. The summed E-state index contributed by atoms with van der Waals surface area (Å²) in [5, 5.41) is 26.5. The van der Waals surface area contributed by atoms with E-state index in [1.165, 1.54) is 26.4 Å². The van der Waals surface area contributed by atoms with Gasteiger partial charge in [-0.05, 0) is 111 Å². The van der Waals surface area contributed by atoms with Crippen LogP contribution in [-0.4, -0.2) is 88.2 Å². The highest BCUT2D eigenvalue weighted by atomic mass is 32.2. The van der Waals surface area contributed by atoms with Crippen molar-refractivity contribution in [2.75, 3.05) is 27.3 Å². The van der Waals surface area contributed by atoms with E-state index in [4.69, 9.17) is 9.47 Å². The first-order valence-corrected chi connectivity index (χ1v) is 27.3. The Morgan fingerprint density at radius 1 is 0.527 bits per heavy atom. The van der Waals surface area contributed by atoms with Gasteiger partial charge in [0.1, 0.15) is 34.1 Å². The fourth-order valence-electron chi connectivity index (χ4n) is 9.67. The second-order valence-corrected chi connectivity index (χ2v) is 21.5. The average molecular weight is 1050 g/mol. The monoisotopic (exact) mass is 1050 g/mol. The number of phenolic OH excluding ortho intramolecular Hbond substituents is 2. The fraction of sp³-hybridized carbons (Fsp3) is 0.333. The number of nitrogens with zero attached hydrogens (tertiary/aromatic N) is 2. The maximum Gasteiger partial charge on any atom is 0.277 e. The topological polar surface area (TPSA) is 259 Å². The summed E-state index contributed by atoms with van der Waals surface area (Å²) in [6.45, 7) is 0.896. The molecule has 8 rings (SSSR count). The zero-order chi connectivity index (χ0) is 52.6. The molecule has 0 saturated heterocycles. The van der Waals surface area contributed by atoms with Crippen LogP contribution in [0.25, 0.3) is 0 Å². The summed E-state index contributed by atoms with van der Waals surface area (Å²) in [5.41, 5.74) is 2.86. The molecule has 2 fully saturated rings. The Morgan fingerprint density at radius 2 is 0.892 bits per heavy atom. The van der Waals surface area contributed by atoms with Crippen LogP contribution in [0.5, 0.6) is 23.0 Å². The quantitative estimate of drug-likeness (QED) is 0.0434. The number of carbonyl (C=O) groups excluding carboxylic acids is 2. The molecule has 0 radical (unpaired) electrons. The van der Waals surface area contributed by atoms with Gasteiger partial charge in [0.05, 0.1) is 38.7 Å². The van der Waals surface area contributed by atoms with Gasteiger partial charge in [0, 0.05) is 48.4 Å². The molecule has 0 atom stereocenters. The number of rotatable bonds is 20. The van der Waals surface area contributed by atoms with Crippen LogP contribution in [0.15, 0.2) is 146 Å². The minimum Gasteiger partial charge on any atom is -0.507 e. The van der Waals surface area contributed by atoms with Crippen molar-refractivity contribution in [1.82, 2.24) is 39.5 Å². The summed E-state index contributed by atoms with van der Waals surface area (Å²) in [6.07, 6.45) is 8.34. The van der Waals surface area contributed by atoms with Crippen LogP contribution in [-0.2, 0) is 44.3 Å². The number of hydrogen-bond acceptors (Lipinski definition) is 12. The predicted molar refractivity (Wildman–Crippen MR) is 281 cm³/mol. The molecule has 6 aromatic rings. The number of amides is 2. The van der Waals surface area contributed by atoms with Crippen LogP contribution in [0, 0.1) is 0 Å². The smallest absolute Gasteiger partial charge is 0.277 e. The number of methoxy groups -OCH3 is 2. The Hall–Kier alpha value is -6.94. The van der Waals surface area contributed by atoms with Crippen molar-refractivity contribution in [2.24, 2.45) is 0 Å². The zero-order valence-corrected chi connectivity index (χ0v) is 43.0. The number of ether oxygens (including phenoxy) is 2. The van der Waals surface area contributed by atoms with Gasteiger partial charge >= 0.3 is 0 Å². The largest absolute Gasteiger partial charge is 0.507 e. The molecule has 2 amide bonds. The van der Waals surface area contributed by atoms with E-state index in [0.717, 1.165) is 11.1 Å².